The zero-order valence-corrected chi connectivity index (χ0v) is 14.5. The van der Waals surface area contributed by atoms with Crippen molar-refractivity contribution in [2.45, 2.75) is 25.5 Å². The van der Waals surface area contributed by atoms with Crippen molar-refractivity contribution in [1.29, 1.82) is 0 Å². The molecule has 0 saturated heterocycles. The summed E-state index contributed by atoms with van der Waals surface area (Å²) in [5.74, 6) is 0.902. The Morgan fingerprint density at radius 2 is 1.88 bits per heavy atom. The number of nitrogens with one attached hydrogen (secondary N) is 2. The van der Waals surface area contributed by atoms with Crippen LogP contribution in [0.4, 0.5) is 0 Å². The average Bonchev–Trinajstić information content (AvgIpc) is 2.61. The third-order valence-corrected chi connectivity index (χ3v) is 3.91. The number of hydrogen-bond donors (Lipinski definition) is 3. The van der Waals surface area contributed by atoms with E-state index in [0.29, 0.717) is 13.2 Å². The maximum absolute atomic E-state index is 10.2. The highest BCUT2D eigenvalue weighted by Gasteiger charge is 2.10. The molecule has 130 valence electrons. The van der Waals surface area contributed by atoms with Crippen molar-refractivity contribution in [3.63, 3.8) is 0 Å². The molecule has 2 aromatic carbocycles. The van der Waals surface area contributed by atoms with E-state index in [-0.39, 0.29) is 6.04 Å². The molecule has 3 N–H and O–H groups in total. The molecule has 0 heterocycles. The first-order chi connectivity index (χ1) is 11.7. The molecule has 0 aliphatic carbocycles. The van der Waals surface area contributed by atoms with Gasteiger partial charge in [-0.1, -0.05) is 42.5 Å². The zero-order chi connectivity index (χ0) is 17.2. The minimum atomic E-state index is -0.482. The highest BCUT2D eigenvalue weighted by molar-refractivity contribution is 5.29. The van der Waals surface area contributed by atoms with Gasteiger partial charge in [-0.3, -0.25) is 0 Å². The molecule has 2 atom stereocenters. The van der Waals surface area contributed by atoms with E-state index in [4.69, 9.17) is 4.74 Å². The van der Waals surface area contributed by atoms with E-state index in [1.165, 1.54) is 5.56 Å². The first kappa shape index (κ1) is 18.5. The Morgan fingerprint density at radius 1 is 1.08 bits per heavy atom. The van der Waals surface area contributed by atoms with Gasteiger partial charge < -0.3 is 20.5 Å². The second-order valence-electron chi connectivity index (χ2n) is 6.04. The predicted octanol–water partition coefficient (Wildman–Crippen LogP) is 2.54. The standard InChI is InChI=1S/C20H28N2O2/c1-16(22-15-20(23)18-8-4-3-5-9-18)13-17-7-6-10-19(14-17)24-12-11-21-2/h3-10,14,16,20-23H,11-13,15H2,1-2H3/t16?,20-/m0/s1. The highest BCUT2D eigenvalue weighted by atomic mass is 16.5. The van der Waals surface area contributed by atoms with Crippen LogP contribution in [0.5, 0.6) is 5.75 Å². The number of hydrogen-bond acceptors (Lipinski definition) is 4. The van der Waals surface area contributed by atoms with Gasteiger partial charge in [0.15, 0.2) is 0 Å². The molecule has 2 aromatic rings. The Balaban J connectivity index is 1.79. The molecule has 0 spiro atoms. The van der Waals surface area contributed by atoms with Gasteiger partial charge in [-0.2, -0.15) is 0 Å². The average molecular weight is 328 g/mol. The van der Waals surface area contributed by atoms with Gasteiger partial charge in [0.1, 0.15) is 12.4 Å². The van der Waals surface area contributed by atoms with Crippen molar-refractivity contribution < 1.29 is 9.84 Å². The minimum absolute atomic E-state index is 0.274. The van der Waals surface area contributed by atoms with Gasteiger partial charge in [0.25, 0.3) is 0 Å². The molecule has 0 bridgehead atoms. The van der Waals surface area contributed by atoms with Crippen LogP contribution in [0.15, 0.2) is 54.6 Å². The van der Waals surface area contributed by atoms with Gasteiger partial charge in [-0.15, -0.1) is 0 Å². The van der Waals surface area contributed by atoms with Gasteiger partial charge in [0.05, 0.1) is 6.10 Å². The van der Waals surface area contributed by atoms with Crippen LogP contribution in [-0.2, 0) is 6.42 Å². The predicted molar refractivity (Wildman–Crippen MR) is 98.4 cm³/mol. The van der Waals surface area contributed by atoms with E-state index in [2.05, 4.69) is 29.7 Å². The molecule has 0 aliphatic heterocycles. The topological polar surface area (TPSA) is 53.5 Å². The van der Waals surface area contributed by atoms with Crippen LogP contribution in [0.25, 0.3) is 0 Å². The molecule has 0 fully saturated rings. The van der Waals surface area contributed by atoms with Crippen molar-refractivity contribution >= 4 is 0 Å². The number of likely N-dealkylation sites (N-methyl/N-ethyl adjacent to an activating group) is 1. The summed E-state index contributed by atoms with van der Waals surface area (Å²) in [7, 11) is 1.91. The summed E-state index contributed by atoms with van der Waals surface area (Å²) < 4.78 is 5.70. The molecule has 0 aliphatic rings. The fourth-order valence-electron chi connectivity index (χ4n) is 2.56. The Morgan fingerprint density at radius 3 is 2.62 bits per heavy atom. The smallest absolute Gasteiger partial charge is 0.119 e. The van der Waals surface area contributed by atoms with Crippen LogP contribution in [0, 0.1) is 0 Å². The normalized spacial score (nSPS) is 13.5. The molecule has 0 saturated carbocycles. The maximum Gasteiger partial charge on any atom is 0.119 e. The van der Waals surface area contributed by atoms with Crippen molar-refractivity contribution in [2.24, 2.45) is 0 Å². The van der Waals surface area contributed by atoms with E-state index >= 15 is 0 Å². The molecular formula is C20H28N2O2. The number of rotatable bonds is 10. The molecule has 0 aromatic heterocycles. The summed E-state index contributed by atoms with van der Waals surface area (Å²) in [5, 5.41) is 16.7. The van der Waals surface area contributed by atoms with Gasteiger partial charge in [0.2, 0.25) is 0 Å². The van der Waals surface area contributed by atoms with Crippen LogP contribution in [0.3, 0.4) is 0 Å². The first-order valence-electron chi connectivity index (χ1n) is 8.51. The van der Waals surface area contributed by atoms with Gasteiger partial charge in [-0.05, 0) is 43.7 Å². The first-order valence-corrected chi connectivity index (χ1v) is 8.51. The van der Waals surface area contributed by atoms with Crippen LogP contribution in [-0.4, -0.2) is 37.9 Å². The number of benzene rings is 2. The maximum atomic E-state index is 10.2. The van der Waals surface area contributed by atoms with Crippen molar-refractivity contribution in [3.05, 3.63) is 65.7 Å². The van der Waals surface area contributed by atoms with E-state index < -0.39 is 6.10 Å². The summed E-state index contributed by atoms with van der Waals surface area (Å²) in [6.07, 6.45) is 0.412. The Bertz CT molecular complexity index is 589. The number of ether oxygens (including phenoxy) is 1. The molecule has 4 nitrogen and oxygen atoms in total. The number of aliphatic hydroxyl groups excluding tert-OH is 1. The van der Waals surface area contributed by atoms with Gasteiger partial charge >= 0.3 is 0 Å². The van der Waals surface area contributed by atoms with E-state index in [1.807, 2.05) is 49.5 Å². The van der Waals surface area contributed by atoms with Gasteiger partial charge in [0, 0.05) is 19.1 Å². The minimum Gasteiger partial charge on any atom is -0.492 e. The van der Waals surface area contributed by atoms with E-state index in [1.54, 1.807) is 0 Å². The lowest BCUT2D eigenvalue weighted by Crippen LogP contribution is -2.32. The van der Waals surface area contributed by atoms with Crippen molar-refractivity contribution in [2.75, 3.05) is 26.7 Å². The van der Waals surface area contributed by atoms with Crippen molar-refractivity contribution in [1.82, 2.24) is 10.6 Å². The van der Waals surface area contributed by atoms with Crippen LogP contribution in [0.1, 0.15) is 24.2 Å². The zero-order valence-electron chi connectivity index (χ0n) is 14.5. The number of aliphatic hydroxyl groups is 1. The summed E-state index contributed by atoms with van der Waals surface area (Å²) in [5.41, 5.74) is 2.17. The molecule has 0 amide bonds. The largest absolute Gasteiger partial charge is 0.492 e. The summed E-state index contributed by atoms with van der Waals surface area (Å²) >= 11 is 0. The Hall–Kier alpha value is -1.88. The summed E-state index contributed by atoms with van der Waals surface area (Å²) in [6.45, 7) is 4.17. The second kappa shape index (κ2) is 10.1. The van der Waals surface area contributed by atoms with E-state index in [0.717, 1.165) is 24.3 Å². The molecule has 1 unspecified atom stereocenters. The monoisotopic (exact) mass is 328 g/mol. The van der Waals surface area contributed by atoms with Crippen LogP contribution in [0.2, 0.25) is 0 Å². The third kappa shape index (κ3) is 6.32. The highest BCUT2D eigenvalue weighted by Crippen LogP contribution is 2.15. The molecule has 24 heavy (non-hydrogen) atoms. The van der Waals surface area contributed by atoms with Crippen LogP contribution >= 0.6 is 0 Å². The Labute approximate surface area is 144 Å². The second-order valence-corrected chi connectivity index (χ2v) is 6.04. The lowest BCUT2D eigenvalue weighted by atomic mass is 10.1. The molecular weight excluding hydrogens is 300 g/mol. The lowest BCUT2D eigenvalue weighted by Gasteiger charge is -2.18. The van der Waals surface area contributed by atoms with Gasteiger partial charge in [-0.25, -0.2) is 0 Å². The molecule has 2 rings (SSSR count). The summed E-state index contributed by atoms with van der Waals surface area (Å²) in [4.78, 5) is 0. The fourth-order valence-corrected chi connectivity index (χ4v) is 2.56. The third-order valence-electron chi connectivity index (χ3n) is 3.91. The van der Waals surface area contributed by atoms with Crippen molar-refractivity contribution in [3.8, 4) is 5.75 Å². The molecule has 0 radical (unpaired) electrons. The SMILES string of the molecule is CNCCOc1cccc(CC(C)NC[C@H](O)c2ccccc2)c1. The summed E-state index contributed by atoms with van der Waals surface area (Å²) in [6, 6.07) is 18.2. The van der Waals surface area contributed by atoms with Crippen LogP contribution < -0.4 is 15.4 Å². The Kier molecular flexibility index (Phi) is 7.75. The quantitative estimate of drug-likeness (QED) is 0.587. The fraction of sp³-hybridized carbons (Fsp3) is 0.400. The van der Waals surface area contributed by atoms with E-state index in [9.17, 15) is 5.11 Å². The molecule has 4 heteroatoms. The lowest BCUT2D eigenvalue weighted by molar-refractivity contribution is 0.170.